The number of hydrogen-bond acceptors (Lipinski definition) is 3. The third-order valence-corrected chi connectivity index (χ3v) is 6.08. The summed E-state index contributed by atoms with van der Waals surface area (Å²) < 4.78 is 26.6. The number of hydrogen-bond donors (Lipinski definition) is 2. The highest BCUT2D eigenvalue weighted by Gasteiger charge is 2.39. The second kappa shape index (κ2) is 7.04. The first-order valence-electron chi connectivity index (χ1n) is 7.78. The lowest BCUT2D eigenvalue weighted by atomic mass is 9.89. The van der Waals surface area contributed by atoms with Crippen LogP contribution in [-0.2, 0) is 10.0 Å². The maximum atomic E-state index is 11.9. The molecule has 0 heterocycles. The first kappa shape index (κ1) is 15.3. The molecule has 2 bridgehead atoms. The topological polar surface area (TPSA) is 58.2 Å². The van der Waals surface area contributed by atoms with Crippen LogP contribution in [0.5, 0.6) is 0 Å². The molecule has 3 atom stereocenters. The molecule has 2 rings (SSSR count). The molecule has 19 heavy (non-hydrogen) atoms. The molecular weight excluding hydrogens is 260 g/mol. The van der Waals surface area contributed by atoms with E-state index in [1.807, 2.05) is 0 Å². The van der Waals surface area contributed by atoms with Crippen molar-refractivity contribution in [1.29, 1.82) is 0 Å². The van der Waals surface area contributed by atoms with Crippen LogP contribution in [-0.4, -0.2) is 33.8 Å². The average Bonchev–Trinajstić information content (AvgIpc) is 2.98. The Kier molecular flexibility index (Phi) is 5.66. The molecule has 0 radical (unpaired) electrons. The molecule has 112 valence electrons. The average molecular weight is 288 g/mol. The second-order valence-electron chi connectivity index (χ2n) is 6.21. The van der Waals surface area contributed by atoms with Crippen LogP contribution in [0.25, 0.3) is 0 Å². The van der Waals surface area contributed by atoms with Gasteiger partial charge >= 0.3 is 0 Å². The van der Waals surface area contributed by atoms with Gasteiger partial charge in [-0.2, -0.15) is 0 Å². The molecule has 2 fully saturated rings. The quantitative estimate of drug-likeness (QED) is 0.635. The van der Waals surface area contributed by atoms with E-state index < -0.39 is 10.0 Å². The first-order valence-corrected chi connectivity index (χ1v) is 9.44. The van der Waals surface area contributed by atoms with E-state index in [-0.39, 0.29) is 5.75 Å². The molecule has 5 heteroatoms. The van der Waals surface area contributed by atoms with Crippen LogP contribution < -0.4 is 10.0 Å². The summed E-state index contributed by atoms with van der Waals surface area (Å²) in [5.41, 5.74) is 0. The first-order chi connectivity index (χ1) is 9.11. The fourth-order valence-electron chi connectivity index (χ4n) is 3.62. The molecule has 2 N–H and O–H groups in total. The van der Waals surface area contributed by atoms with Gasteiger partial charge in [-0.15, -0.1) is 0 Å². The molecule has 2 saturated carbocycles. The zero-order valence-corrected chi connectivity index (χ0v) is 12.8. The summed E-state index contributed by atoms with van der Waals surface area (Å²) in [5, 5.41) is 3.23. The molecule has 0 aromatic heterocycles. The van der Waals surface area contributed by atoms with Gasteiger partial charge in [0, 0.05) is 6.54 Å². The smallest absolute Gasteiger partial charge is 0.211 e. The Bertz CT molecular complexity index is 370. The zero-order chi connectivity index (χ0) is 13.7. The van der Waals surface area contributed by atoms with Gasteiger partial charge in [0.25, 0.3) is 0 Å². The molecule has 2 aliphatic rings. The minimum atomic E-state index is -3.06. The summed E-state index contributed by atoms with van der Waals surface area (Å²) in [5.74, 6) is 2.54. The van der Waals surface area contributed by atoms with E-state index >= 15 is 0 Å². The van der Waals surface area contributed by atoms with E-state index in [9.17, 15) is 8.42 Å². The Labute approximate surface area is 117 Å². The van der Waals surface area contributed by atoms with E-state index in [2.05, 4.69) is 17.0 Å². The van der Waals surface area contributed by atoms with Crippen molar-refractivity contribution in [3.05, 3.63) is 0 Å². The number of sulfonamides is 1. The minimum Gasteiger partial charge on any atom is -0.317 e. The SMILES string of the molecule is CCCNCCCS(=O)(=O)NCC1CC2CCC1C2. The van der Waals surface area contributed by atoms with E-state index in [0.717, 1.165) is 31.3 Å². The monoisotopic (exact) mass is 288 g/mol. The Morgan fingerprint density at radius 3 is 2.63 bits per heavy atom. The van der Waals surface area contributed by atoms with Crippen molar-refractivity contribution in [2.45, 2.75) is 45.4 Å². The van der Waals surface area contributed by atoms with Crippen molar-refractivity contribution in [1.82, 2.24) is 10.0 Å². The summed E-state index contributed by atoms with van der Waals surface area (Å²) in [6.45, 7) is 4.55. The molecule has 0 amide bonds. The predicted octanol–water partition coefficient (Wildman–Crippen LogP) is 1.73. The van der Waals surface area contributed by atoms with Gasteiger partial charge < -0.3 is 5.32 Å². The lowest BCUT2D eigenvalue weighted by molar-refractivity contribution is 0.332. The Morgan fingerprint density at radius 2 is 2.00 bits per heavy atom. The van der Waals surface area contributed by atoms with Crippen molar-refractivity contribution < 1.29 is 8.42 Å². The summed E-state index contributed by atoms with van der Waals surface area (Å²) >= 11 is 0. The van der Waals surface area contributed by atoms with Crippen LogP contribution >= 0.6 is 0 Å². The number of rotatable bonds is 9. The molecule has 4 nitrogen and oxygen atoms in total. The predicted molar refractivity (Wildman–Crippen MR) is 78.5 cm³/mol. The molecule has 2 aliphatic carbocycles. The van der Waals surface area contributed by atoms with E-state index in [1.165, 1.54) is 25.7 Å². The van der Waals surface area contributed by atoms with Crippen LogP contribution in [0.15, 0.2) is 0 Å². The molecule has 0 aliphatic heterocycles. The summed E-state index contributed by atoms with van der Waals surface area (Å²) in [6.07, 6.45) is 7.06. The fourth-order valence-corrected chi connectivity index (χ4v) is 4.76. The Morgan fingerprint density at radius 1 is 1.16 bits per heavy atom. The molecule has 0 aromatic rings. The van der Waals surface area contributed by atoms with Crippen molar-refractivity contribution in [3.8, 4) is 0 Å². The van der Waals surface area contributed by atoms with Crippen LogP contribution in [0, 0.1) is 17.8 Å². The molecule has 0 saturated heterocycles. The lowest BCUT2D eigenvalue weighted by Gasteiger charge is -2.21. The summed E-state index contributed by atoms with van der Waals surface area (Å²) in [4.78, 5) is 0. The third kappa shape index (κ3) is 4.72. The van der Waals surface area contributed by atoms with Gasteiger partial charge in [0.2, 0.25) is 10.0 Å². The maximum absolute atomic E-state index is 11.9. The van der Waals surface area contributed by atoms with E-state index in [1.54, 1.807) is 0 Å². The van der Waals surface area contributed by atoms with Gasteiger partial charge in [-0.25, -0.2) is 13.1 Å². The fraction of sp³-hybridized carbons (Fsp3) is 1.00. The standard InChI is InChI=1S/C14H28N2O2S/c1-2-6-15-7-3-8-19(17,18)16-11-14-10-12-4-5-13(14)9-12/h12-16H,2-11H2,1H3. The van der Waals surface area contributed by atoms with Crippen LogP contribution in [0.3, 0.4) is 0 Å². The minimum absolute atomic E-state index is 0.254. The van der Waals surface area contributed by atoms with Crippen LogP contribution in [0.4, 0.5) is 0 Å². The zero-order valence-electron chi connectivity index (χ0n) is 12.0. The van der Waals surface area contributed by atoms with Gasteiger partial charge in [-0.3, -0.25) is 0 Å². The second-order valence-corrected chi connectivity index (χ2v) is 8.13. The van der Waals surface area contributed by atoms with Crippen molar-refractivity contribution in [3.63, 3.8) is 0 Å². The van der Waals surface area contributed by atoms with E-state index in [4.69, 9.17) is 0 Å². The normalized spacial score (nSPS) is 30.1. The van der Waals surface area contributed by atoms with Crippen molar-refractivity contribution in [2.24, 2.45) is 17.8 Å². The van der Waals surface area contributed by atoms with Gasteiger partial charge in [-0.05, 0) is 62.9 Å². The van der Waals surface area contributed by atoms with Crippen molar-refractivity contribution >= 4 is 10.0 Å². The van der Waals surface area contributed by atoms with Gasteiger partial charge in [0.1, 0.15) is 0 Å². The van der Waals surface area contributed by atoms with Crippen molar-refractivity contribution in [2.75, 3.05) is 25.4 Å². The van der Waals surface area contributed by atoms with E-state index in [0.29, 0.717) is 18.9 Å². The highest BCUT2D eigenvalue weighted by Crippen LogP contribution is 2.47. The Balaban J connectivity index is 1.61. The summed E-state index contributed by atoms with van der Waals surface area (Å²) in [7, 11) is -3.06. The molecular formula is C14H28N2O2S. The van der Waals surface area contributed by atoms with Gasteiger partial charge in [0.05, 0.1) is 5.75 Å². The highest BCUT2D eigenvalue weighted by molar-refractivity contribution is 7.89. The van der Waals surface area contributed by atoms with Gasteiger partial charge in [-0.1, -0.05) is 13.3 Å². The van der Waals surface area contributed by atoms with Crippen LogP contribution in [0.1, 0.15) is 45.4 Å². The highest BCUT2D eigenvalue weighted by atomic mass is 32.2. The van der Waals surface area contributed by atoms with Gasteiger partial charge in [0.15, 0.2) is 0 Å². The summed E-state index contributed by atoms with van der Waals surface area (Å²) in [6, 6.07) is 0. The van der Waals surface area contributed by atoms with Crippen LogP contribution in [0.2, 0.25) is 0 Å². The Hall–Kier alpha value is -0.130. The molecule has 3 unspecified atom stereocenters. The lowest BCUT2D eigenvalue weighted by Crippen LogP contribution is -2.34. The largest absolute Gasteiger partial charge is 0.317 e. The maximum Gasteiger partial charge on any atom is 0.211 e. The molecule has 0 aromatic carbocycles. The third-order valence-electron chi connectivity index (χ3n) is 4.64. The molecule has 0 spiro atoms. The number of fused-ring (bicyclic) bond motifs is 2. The number of nitrogens with one attached hydrogen (secondary N) is 2.